The fourth-order valence-corrected chi connectivity index (χ4v) is 12.3. The Morgan fingerprint density at radius 1 is 0.373 bits per heavy atom. The van der Waals surface area contributed by atoms with Crippen LogP contribution in [0.25, 0.3) is 99.5 Å². The van der Waals surface area contributed by atoms with Crippen LogP contribution in [0.4, 0.5) is 0 Å². The van der Waals surface area contributed by atoms with E-state index in [1.54, 1.807) is 0 Å². The third-order valence-electron chi connectivity index (χ3n) is 15.7. The van der Waals surface area contributed by atoms with E-state index in [9.17, 15) is 0 Å². The topological polar surface area (TPSA) is 77.0 Å². The molecule has 0 radical (unpaired) electrons. The second-order valence-electron chi connectivity index (χ2n) is 19.7. The highest BCUT2D eigenvalue weighted by atomic mass is 16.3. The Morgan fingerprint density at radius 3 is 1.68 bits per heavy atom. The molecule has 352 valence electrons. The number of amidine groups is 2. The van der Waals surface area contributed by atoms with Gasteiger partial charge in [0.15, 0.2) is 5.84 Å². The third-order valence-corrected chi connectivity index (χ3v) is 15.7. The number of nitrogens with two attached hydrogens (primary N) is 1. The number of nitrogens with zero attached hydrogens (tertiary/aromatic N) is 2. The maximum absolute atomic E-state index is 6.91. The lowest BCUT2D eigenvalue weighted by Crippen LogP contribution is -2.25. The summed E-state index contributed by atoms with van der Waals surface area (Å²) in [6.45, 7) is 0.353. The number of rotatable bonds is 7. The van der Waals surface area contributed by atoms with Crippen molar-refractivity contribution in [1.82, 2.24) is 0 Å². The normalized spacial score (nSPS) is 13.4. The Kier molecular flexibility index (Phi) is 9.63. The summed E-state index contributed by atoms with van der Waals surface area (Å²) in [5.41, 5.74) is 30.0. The Labute approximate surface area is 433 Å². The molecule has 0 unspecified atom stereocenters. The Hall–Kier alpha value is -9.84. The van der Waals surface area contributed by atoms with Gasteiger partial charge in [-0.2, -0.15) is 0 Å². The zero-order valence-electron chi connectivity index (χ0n) is 40.7. The number of para-hydroxylation sites is 1. The molecule has 75 heavy (non-hydrogen) atoms. The van der Waals surface area contributed by atoms with Gasteiger partial charge in [0.25, 0.3) is 0 Å². The summed E-state index contributed by atoms with van der Waals surface area (Å²) < 4.78 is 12.7. The van der Waals surface area contributed by atoms with Gasteiger partial charge < -0.3 is 14.6 Å². The molecule has 0 aliphatic heterocycles. The van der Waals surface area contributed by atoms with Crippen molar-refractivity contribution in [2.24, 2.45) is 15.7 Å². The maximum atomic E-state index is 6.91. The molecule has 0 saturated heterocycles. The van der Waals surface area contributed by atoms with E-state index in [0.717, 1.165) is 82.8 Å². The minimum Gasteiger partial charge on any atom is -0.456 e. The van der Waals surface area contributed by atoms with Gasteiger partial charge in [-0.1, -0.05) is 206 Å². The predicted molar refractivity (Wildman–Crippen MR) is 307 cm³/mol. The van der Waals surface area contributed by atoms with Crippen LogP contribution in [-0.4, -0.2) is 11.7 Å². The lowest BCUT2D eigenvalue weighted by atomic mass is 9.70. The Morgan fingerprint density at radius 2 is 0.893 bits per heavy atom. The van der Waals surface area contributed by atoms with E-state index in [4.69, 9.17) is 24.6 Å². The van der Waals surface area contributed by atoms with Crippen LogP contribution in [0.1, 0.15) is 38.9 Å². The van der Waals surface area contributed by atoms with Gasteiger partial charge in [0.05, 0.1) is 12.0 Å². The standard InChI is InChI=1S/C70H45N3O2/c71-68(49-37-39-63-56(41-49)54-19-7-11-26-62(54)74-63)73-69(47-34-30-44(31-35-47)43-14-2-1-3-15-43)72-42-50-16-12-27-65-66(50)57-40-48(36-38-64(57)75-65)45-28-32-46(33-29-45)51-21-13-25-61-67(51)55-20-6-10-24-60(55)70(61)58-22-8-4-17-52(58)53-18-5-9-23-59(53)70/h1-41H,42H2,(H2,71,72,73). The fraction of sp³-hybridized carbons (Fsp3) is 0.0286. The highest BCUT2D eigenvalue weighted by Gasteiger charge is 2.52. The molecule has 2 aliphatic carbocycles. The molecule has 0 saturated carbocycles. The zero-order valence-corrected chi connectivity index (χ0v) is 40.7. The van der Waals surface area contributed by atoms with Crippen LogP contribution < -0.4 is 5.73 Å². The largest absolute Gasteiger partial charge is 0.456 e. The van der Waals surface area contributed by atoms with E-state index in [-0.39, 0.29) is 5.41 Å². The average Bonchev–Trinajstić information content (AvgIpc) is 4.40. The van der Waals surface area contributed by atoms with Gasteiger partial charge in [-0.25, -0.2) is 4.99 Å². The number of aliphatic imine (C=N–C) groups is 2. The van der Waals surface area contributed by atoms with Crippen molar-refractivity contribution in [1.29, 1.82) is 0 Å². The molecule has 0 fully saturated rings. The molecular weight excluding hydrogens is 915 g/mol. The molecule has 5 nitrogen and oxygen atoms in total. The van der Waals surface area contributed by atoms with Crippen LogP contribution in [0.5, 0.6) is 0 Å². The van der Waals surface area contributed by atoms with Gasteiger partial charge in [-0.3, -0.25) is 4.99 Å². The molecule has 15 rings (SSSR count). The number of hydrogen-bond acceptors (Lipinski definition) is 3. The summed E-state index contributed by atoms with van der Waals surface area (Å²) >= 11 is 0. The van der Waals surface area contributed by atoms with Crippen LogP contribution in [0.2, 0.25) is 0 Å². The molecule has 13 aromatic rings. The molecular formula is C70H45N3O2. The lowest BCUT2D eigenvalue weighted by Gasteiger charge is -2.30. The Bertz CT molecular complexity index is 4450. The minimum absolute atomic E-state index is 0.353. The van der Waals surface area contributed by atoms with E-state index >= 15 is 0 Å². The monoisotopic (exact) mass is 959 g/mol. The highest BCUT2D eigenvalue weighted by Crippen LogP contribution is 2.64. The van der Waals surface area contributed by atoms with Crippen molar-refractivity contribution in [3.63, 3.8) is 0 Å². The van der Waals surface area contributed by atoms with E-state index < -0.39 is 0 Å². The molecule has 0 bridgehead atoms. The van der Waals surface area contributed by atoms with Crippen LogP contribution >= 0.6 is 0 Å². The summed E-state index contributed by atoms with van der Waals surface area (Å²) in [6, 6.07) is 88.4. The van der Waals surface area contributed by atoms with Crippen molar-refractivity contribution < 1.29 is 8.83 Å². The lowest BCUT2D eigenvalue weighted by molar-refractivity contribution is 0.668. The molecule has 1 spiro atoms. The Balaban J connectivity index is 0.793. The van der Waals surface area contributed by atoms with E-state index in [1.165, 1.54) is 55.6 Å². The highest BCUT2D eigenvalue weighted by molar-refractivity contribution is 6.14. The van der Waals surface area contributed by atoms with Crippen LogP contribution in [0.3, 0.4) is 0 Å². The maximum Gasteiger partial charge on any atom is 0.157 e. The van der Waals surface area contributed by atoms with Gasteiger partial charge in [0.2, 0.25) is 0 Å². The number of fused-ring (bicyclic) bond motifs is 16. The van der Waals surface area contributed by atoms with E-state index in [1.807, 2.05) is 48.5 Å². The summed E-state index contributed by atoms with van der Waals surface area (Å²) in [4.78, 5) is 10.3. The van der Waals surface area contributed by atoms with Crippen molar-refractivity contribution in [2.45, 2.75) is 12.0 Å². The number of hydrogen-bond donors (Lipinski definition) is 1. The predicted octanol–water partition coefficient (Wildman–Crippen LogP) is 17.2. The SMILES string of the molecule is NC(=NC(=NCc1cccc2oc3ccc(-c4ccc(-c5cccc6c5-c5ccccc5C65c6ccccc6-c6ccccc65)cc4)cc3c12)c1ccc(-c2ccccc2)cc1)c1ccc2oc3ccccc3c2c1. The quantitative estimate of drug-likeness (QED) is 0.128. The van der Waals surface area contributed by atoms with Crippen molar-refractivity contribution >= 4 is 55.5 Å². The number of furan rings is 2. The van der Waals surface area contributed by atoms with Gasteiger partial charge >= 0.3 is 0 Å². The van der Waals surface area contributed by atoms with Crippen LogP contribution in [0.15, 0.2) is 268 Å². The second kappa shape index (κ2) is 16.9. The fourth-order valence-electron chi connectivity index (χ4n) is 12.3. The molecule has 2 aromatic heterocycles. The van der Waals surface area contributed by atoms with Crippen LogP contribution in [-0.2, 0) is 12.0 Å². The third kappa shape index (κ3) is 6.64. The summed E-state index contributed by atoms with van der Waals surface area (Å²) in [5.74, 6) is 0.905. The molecule has 11 aromatic carbocycles. The van der Waals surface area contributed by atoms with Crippen molar-refractivity contribution in [2.75, 3.05) is 0 Å². The first-order chi connectivity index (χ1) is 37.1. The molecule has 2 heterocycles. The second-order valence-corrected chi connectivity index (χ2v) is 19.7. The number of benzene rings is 11. The molecule has 5 heteroatoms. The minimum atomic E-state index is -0.384. The van der Waals surface area contributed by atoms with Gasteiger partial charge in [-0.05, 0) is 126 Å². The first-order valence-electron chi connectivity index (χ1n) is 25.5. The zero-order chi connectivity index (χ0) is 49.6. The van der Waals surface area contributed by atoms with Gasteiger partial charge in [0.1, 0.15) is 28.2 Å². The molecule has 0 atom stereocenters. The van der Waals surface area contributed by atoms with Crippen molar-refractivity contribution in [3.05, 3.63) is 288 Å². The average molecular weight is 960 g/mol. The van der Waals surface area contributed by atoms with Crippen molar-refractivity contribution in [3.8, 4) is 55.6 Å². The first-order valence-corrected chi connectivity index (χ1v) is 25.5. The van der Waals surface area contributed by atoms with E-state index in [2.05, 4.69) is 200 Å². The van der Waals surface area contributed by atoms with Gasteiger partial charge in [-0.15, -0.1) is 0 Å². The van der Waals surface area contributed by atoms with E-state index in [0.29, 0.717) is 18.2 Å². The molecule has 2 N–H and O–H groups in total. The smallest absolute Gasteiger partial charge is 0.157 e. The molecule has 2 aliphatic rings. The van der Waals surface area contributed by atoms with Crippen LogP contribution in [0, 0.1) is 0 Å². The first kappa shape index (κ1) is 42.8. The van der Waals surface area contributed by atoms with Gasteiger partial charge in [0, 0.05) is 32.7 Å². The summed E-state index contributed by atoms with van der Waals surface area (Å²) in [7, 11) is 0. The molecule has 0 amide bonds. The summed E-state index contributed by atoms with van der Waals surface area (Å²) in [6.07, 6.45) is 0. The summed E-state index contributed by atoms with van der Waals surface area (Å²) in [5, 5.41) is 4.09.